The molecule has 2 aliphatic rings. The van der Waals surface area contributed by atoms with Gasteiger partial charge in [0.25, 0.3) is 0 Å². The molecule has 2 fully saturated rings. The molecule has 126 valence electrons. The van der Waals surface area contributed by atoms with Gasteiger partial charge in [0, 0.05) is 25.0 Å². The molecule has 0 aromatic heterocycles. The molecule has 4 nitrogen and oxygen atoms in total. The first-order valence-electron chi connectivity index (χ1n) is 8.26. The Labute approximate surface area is 136 Å². The van der Waals surface area contributed by atoms with Crippen LogP contribution in [0.4, 0.5) is 4.39 Å². The smallest absolute Gasteiger partial charge is 0.343 e. The van der Waals surface area contributed by atoms with Crippen LogP contribution < -0.4 is 4.74 Å². The predicted octanol–water partition coefficient (Wildman–Crippen LogP) is 3.14. The van der Waals surface area contributed by atoms with Crippen molar-refractivity contribution in [3.05, 3.63) is 29.3 Å². The number of carbonyl (C=O) groups is 1. The largest absolute Gasteiger partial charge is 0.496 e. The van der Waals surface area contributed by atoms with Gasteiger partial charge in [0.05, 0.1) is 7.11 Å². The maximum atomic E-state index is 15.3. The summed E-state index contributed by atoms with van der Waals surface area (Å²) in [5.74, 6) is -1.25. The second-order valence-electron chi connectivity index (χ2n) is 6.82. The Kier molecular flexibility index (Phi) is 4.32. The van der Waals surface area contributed by atoms with Gasteiger partial charge in [-0.3, -0.25) is 4.90 Å². The number of nitrogens with zero attached hydrogens (tertiary/aromatic N) is 1. The maximum Gasteiger partial charge on any atom is 0.343 e. The Bertz CT molecular complexity index is 600. The maximum absolute atomic E-state index is 15.3. The molecule has 0 bridgehead atoms. The van der Waals surface area contributed by atoms with Crippen LogP contribution in [0.25, 0.3) is 0 Å². The van der Waals surface area contributed by atoms with Crippen LogP contribution in [0.3, 0.4) is 0 Å². The van der Waals surface area contributed by atoms with E-state index in [-0.39, 0.29) is 6.54 Å². The van der Waals surface area contributed by atoms with Gasteiger partial charge in [-0.2, -0.15) is 0 Å². The zero-order valence-electron chi connectivity index (χ0n) is 13.7. The van der Waals surface area contributed by atoms with E-state index in [4.69, 9.17) is 4.74 Å². The summed E-state index contributed by atoms with van der Waals surface area (Å²) >= 11 is 0. The van der Waals surface area contributed by atoms with Crippen molar-refractivity contribution in [2.24, 2.45) is 0 Å². The highest BCUT2D eigenvalue weighted by Crippen LogP contribution is 2.43. The number of hydrogen-bond acceptors (Lipinski definition) is 3. The predicted molar refractivity (Wildman–Crippen MR) is 85.8 cm³/mol. The molecule has 1 aliphatic heterocycles. The van der Waals surface area contributed by atoms with Crippen LogP contribution in [-0.2, 0) is 4.79 Å². The quantitative estimate of drug-likeness (QED) is 0.925. The fourth-order valence-electron chi connectivity index (χ4n) is 4.10. The Balaban J connectivity index is 1.91. The molecular formula is C18H24FNO3. The lowest BCUT2D eigenvalue weighted by Crippen LogP contribution is -2.42. The molecule has 5 heteroatoms. The van der Waals surface area contributed by atoms with E-state index >= 15 is 4.39 Å². The molecule has 1 saturated carbocycles. The molecule has 1 heterocycles. The normalized spacial score (nSPS) is 29.1. The molecule has 1 saturated heterocycles. The van der Waals surface area contributed by atoms with Crippen LogP contribution in [-0.4, -0.2) is 47.9 Å². The standard InChI is InChI=1S/C18H24FNO3/c1-12-9-13(7-8-16(12)23-2)15-10-20(14-5-3-4-6-14)11-18(15,19)17(21)22/h7-9,14-15H,3-6,10-11H2,1-2H3,(H,21,22)/t15-,18-/m0/s1. The molecular weight excluding hydrogens is 297 g/mol. The minimum atomic E-state index is -2.22. The third-order valence-corrected chi connectivity index (χ3v) is 5.42. The van der Waals surface area contributed by atoms with Gasteiger partial charge in [-0.05, 0) is 37.0 Å². The second kappa shape index (κ2) is 6.11. The van der Waals surface area contributed by atoms with Gasteiger partial charge in [-0.25, -0.2) is 9.18 Å². The van der Waals surface area contributed by atoms with Crippen LogP contribution in [0, 0.1) is 6.92 Å². The first kappa shape index (κ1) is 16.2. The molecule has 0 amide bonds. The van der Waals surface area contributed by atoms with E-state index in [0.29, 0.717) is 12.6 Å². The number of ether oxygens (including phenoxy) is 1. The molecule has 0 spiro atoms. The van der Waals surface area contributed by atoms with E-state index in [1.807, 2.05) is 17.9 Å². The van der Waals surface area contributed by atoms with Crippen molar-refractivity contribution in [1.82, 2.24) is 4.90 Å². The van der Waals surface area contributed by atoms with Gasteiger partial charge in [0.2, 0.25) is 5.67 Å². The van der Waals surface area contributed by atoms with Gasteiger partial charge in [-0.1, -0.05) is 25.0 Å². The first-order chi connectivity index (χ1) is 11.0. The Hall–Kier alpha value is -1.62. The lowest BCUT2D eigenvalue weighted by molar-refractivity contribution is -0.151. The van der Waals surface area contributed by atoms with Gasteiger partial charge < -0.3 is 9.84 Å². The van der Waals surface area contributed by atoms with E-state index in [0.717, 1.165) is 42.6 Å². The SMILES string of the molecule is COc1ccc([C@@H]2CN(C3CCCC3)C[C@@]2(F)C(=O)O)cc1C. The lowest BCUT2D eigenvalue weighted by Gasteiger charge is -2.23. The summed E-state index contributed by atoms with van der Waals surface area (Å²) < 4.78 is 20.6. The molecule has 0 radical (unpaired) electrons. The number of benzene rings is 1. The monoisotopic (exact) mass is 321 g/mol. The van der Waals surface area contributed by atoms with Crippen molar-refractivity contribution >= 4 is 5.97 Å². The Morgan fingerprint density at radius 2 is 2.09 bits per heavy atom. The van der Waals surface area contributed by atoms with Gasteiger partial charge in [0.1, 0.15) is 5.75 Å². The van der Waals surface area contributed by atoms with Gasteiger partial charge >= 0.3 is 5.97 Å². The van der Waals surface area contributed by atoms with E-state index < -0.39 is 17.6 Å². The zero-order valence-corrected chi connectivity index (χ0v) is 13.7. The summed E-state index contributed by atoms with van der Waals surface area (Å²) in [6, 6.07) is 5.78. The number of hydrogen-bond donors (Lipinski definition) is 1. The molecule has 23 heavy (non-hydrogen) atoms. The minimum absolute atomic E-state index is 0.0112. The Morgan fingerprint density at radius 3 is 2.65 bits per heavy atom. The Morgan fingerprint density at radius 1 is 1.39 bits per heavy atom. The van der Waals surface area contributed by atoms with Crippen LogP contribution in [0.2, 0.25) is 0 Å². The highest BCUT2D eigenvalue weighted by atomic mass is 19.1. The van der Waals surface area contributed by atoms with Crippen molar-refractivity contribution in [3.63, 3.8) is 0 Å². The number of alkyl halides is 1. The second-order valence-corrected chi connectivity index (χ2v) is 6.82. The summed E-state index contributed by atoms with van der Waals surface area (Å²) in [6.45, 7) is 2.36. The van der Waals surface area contributed by atoms with Crippen molar-refractivity contribution in [2.45, 2.75) is 50.2 Å². The number of carboxylic acid groups (broad SMARTS) is 1. The first-order valence-corrected chi connectivity index (χ1v) is 8.26. The van der Waals surface area contributed by atoms with E-state index in [1.165, 1.54) is 0 Å². The van der Waals surface area contributed by atoms with Crippen molar-refractivity contribution in [3.8, 4) is 5.75 Å². The molecule has 2 atom stereocenters. The average Bonchev–Trinajstić information content (AvgIpc) is 3.15. The lowest BCUT2D eigenvalue weighted by atomic mass is 9.85. The highest BCUT2D eigenvalue weighted by Gasteiger charge is 2.55. The number of aliphatic carboxylic acids is 1. The summed E-state index contributed by atoms with van der Waals surface area (Å²) in [5, 5.41) is 9.51. The van der Waals surface area contributed by atoms with Crippen molar-refractivity contribution < 1.29 is 19.0 Å². The van der Waals surface area contributed by atoms with Crippen molar-refractivity contribution in [2.75, 3.05) is 20.2 Å². The average molecular weight is 321 g/mol. The number of halogens is 1. The fourth-order valence-corrected chi connectivity index (χ4v) is 4.10. The minimum Gasteiger partial charge on any atom is -0.496 e. The molecule has 0 unspecified atom stereocenters. The van der Waals surface area contributed by atoms with Crippen LogP contribution >= 0.6 is 0 Å². The van der Waals surface area contributed by atoms with Crippen molar-refractivity contribution in [1.29, 1.82) is 0 Å². The number of carboxylic acids is 1. The van der Waals surface area contributed by atoms with Gasteiger partial charge in [-0.15, -0.1) is 0 Å². The summed E-state index contributed by atoms with van der Waals surface area (Å²) in [6.07, 6.45) is 4.40. The topological polar surface area (TPSA) is 49.8 Å². The highest BCUT2D eigenvalue weighted by molar-refractivity contribution is 5.80. The molecule has 1 N–H and O–H groups in total. The molecule has 1 aromatic rings. The van der Waals surface area contributed by atoms with Crippen LogP contribution in [0.15, 0.2) is 18.2 Å². The molecule has 1 aliphatic carbocycles. The molecule has 1 aromatic carbocycles. The zero-order chi connectivity index (χ0) is 16.6. The molecule has 3 rings (SSSR count). The number of methoxy groups -OCH3 is 1. The van der Waals surface area contributed by atoms with Crippen LogP contribution in [0.5, 0.6) is 5.75 Å². The third-order valence-electron chi connectivity index (χ3n) is 5.42. The summed E-state index contributed by atoms with van der Waals surface area (Å²) in [7, 11) is 1.59. The number of rotatable bonds is 4. The van der Waals surface area contributed by atoms with Gasteiger partial charge in [0.15, 0.2) is 0 Å². The fraction of sp³-hybridized carbons (Fsp3) is 0.611. The van der Waals surface area contributed by atoms with Crippen LogP contribution in [0.1, 0.15) is 42.7 Å². The number of likely N-dealkylation sites (tertiary alicyclic amines) is 1. The summed E-state index contributed by atoms with van der Waals surface area (Å²) in [4.78, 5) is 13.7. The number of aryl methyl sites for hydroxylation is 1. The van der Waals surface area contributed by atoms with E-state index in [1.54, 1.807) is 19.2 Å². The summed E-state index contributed by atoms with van der Waals surface area (Å²) in [5.41, 5.74) is -0.574. The van der Waals surface area contributed by atoms with E-state index in [2.05, 4.69) is 0 Å². The third kappa shape index (κ3) is 2.82. The van der Waals surface area contributed by atoms with E-state index in [9.17, 15) is 9.90 Å².